The third-order valence-electron chi connectivity index (χ3n) is 3.42. The quantitative estimate of drug-likeness (QED) is 0.815. The Balaban J connectivity index is 1.84. The Hall–Kier alpha value is -2.87. The lowest BCUT2D eigenvalue weighted by Gasteiger charge is -2.12. The van der Waals surface area contributed by atoms with Gasteiger partial charge in [-0.3, -0.25) is 14.5 Å². The maximum atomic E-state index is 13.3. The number of aromatic hydroxyl groups is 2. The molecule has 128 valence electrons. The van der Waals surface area contributed by atoms with Gasteiger partial charge in [0.2, 0.25) is 0 Å². The zero-order valence-corrected chi connectivity index (χ0v) is 13.4. The highest BCUT2D eigenvalue weighted by Crippen LogP contribution is 2.34. The number of nitrogens with zero attached hydrogens (tertiary/aromatic N) is 1. The van der Waals surface area contributed by atoms with E-state index in [2.05, 4.69) is 0 Å². The molecule has 1 aliphatic heterocycles. The summed E-state index contributed by atoms with van der Waals surface area (Å²) in [4.78, 5) is 25.4. The summed E-state index contributed by atoms with van der Waals surface area (Å²) in [6.07, 6.45) is 1.35. The predicted octanol–water partition coefficient (Wildman–Crippen LogP) is 3.61. The molecule has 1 aliphatic rings. The Labute approximate surface area is 145 Å². The number of hydrogen-bond donors (Lipinski definition) is 2. The Morgan fingerprint density at radius 2 is 1.84 bits per heavy atom. The molecule has 0 radical (unpaired) electrons. The molecule has 0 bridgehead atoms. The van der Waals surface area contributed by atoms with E-state index in [9.17, 15) is 28.6 Å². The third-order valence-corrected chi connectivity index (χ3v) is 4.33. The van der Waals surface area contributed by atoms with E-state index < -0.39 is 28.5 Å². The number of carbonyl (C=O) groups is 2. The molecule has 0 unspecified atom stereocenters. The van der Waals surface area contributed by atoms with E-state index in [4.69, 9.17) is 0 Å². The van der Waals surface area contributed by atoms with Crippen molar-refractivity contribution in [2.75, 3.05) is 0 Å². The Morgan fingerprint density at radius 3 is 2.52 bits per heavy atom. The average molecular weight is 363 g/mol. The number of rotatable bonds is 3. The van der Waals surface area contributed by atoms with Crippen LogP contribution in [0.5, 0.6) is 11.5 Å². The van der Waals surface area contributed by atoms with E-state index >= 15 is 0 Å². The van der Waals surface area contributed by atoms with Crippen LogP contribution in [0.3, 0.4) is 0 Å². The lowest BCUT2D eigenvalue weighted by atomic mass is 10.1. The van der Waals surface area contributed by atoms with Crippen molar-refractivity contribution in [3.8, 4) is 11.5 Å². The van der Waals surface area contributed by atoms with E-state index in [1.807, 2.05) is 0 Å². The molecular formula is C17H11F2NO4S. The van der Waals surface area contributed by atoms with Gasteiger partial charge in [0.1, 0.15) is 11.6 Å². The van der Waals surface area contributed by atoms with Crippen LogP contribution in [-0.2, 0) is 11.3 Å². The number of carbonyl (C=O) groups excluding carboxylic acids is 2. The Morgan fingerprint density at radius 1 is 1.08 bits per heavy atom. The summed E-state index contributed by atoms with van der Waals surface area (Å²) < 4.78 is 26.4. The van der Waals surface area contributed by atoms with Crippen LogP contribution in [-0.4, -0.2) is 26.3 Å². The monoisotopic (exact) mass is 363 g/mol. The second-order valence-corrected chi connectivity index (χ2v) is 6.29. The molecule has 8 heteroatoms. The Bertz CT molecular complexity index is 893. The van der Waals surface area contributed by atoms with Crippen molar-refractivity contribution in [1.29, 1.82) is 0 Å². The number of halogens is 2. The zero-order valence-electron chi connectivity index (χ0n) is 12.6. The smallest absolute Gasteiger partial charge is 0.293 e. The molecule has 0 aliphatic carbocycles. The van der Waals surface area contributed by atoms with Gasteiger partial charge in [-0.1, -0.05) is 6.07 Å². The average Bonchev–Trinajstić information content (AvgIpc) is 2.78. The lowest BCUT2D eigenvalue weighted by Crippen LogP contribution is -2.27. The molecule has 25 heavy (non-hydrogen) atoms. The van der Waals surface area contributed by atoms with Crippen LogP contribution < -0.4 is 0 Å². The van der Waals surface area contributed by atoms with Crippen molar-refractivity contribution < 1.29 is 28.6 Å². The van der Waals surface area contributed by atoms with E-state index in [-0.39, 0.29) is 22.8 Å². The fraction of sp³-hybridized carbons (Fsp3) is 0.0588. The molecule has 1 saturated heterocycles. The van der Waals surface area contributed by atoms with Crippen molar-refractivity contribution in [2.45, 2.75) is 6.54 Å². The molecule has 0 aromatic heterocycles. The molecule has 3 rings (SSSR count). The van der Waals surface area contributed by atoms with Crippen LogP contribution in [0.25, 0.3) is 6.08 Å². The molecule has 1 fully saturated rings. The molecule has 1 heterocycles. The zero-order chi connectivity index (χ0) is 18.1. The minimum absolute atomic E-state index is 0.0941. The second kappa shape index (κ2) is 6.56. The van der Waals surface area contributed by atoms with Gasteiger partial charge in [-0.15, -0.1) is 0 Å². The predicted molar refractivity (Wildman–Crippen MR) is 87.6 cm³/mol. The first-order chi connectivity index (χ1) is 11.8. The van der Waals surface area contributed by atoms with Gasteiger partial charge in [0, 0.05) is 6.07 Å². The normalized spacial score (nSPS) is 16.1. The number of benzene rings is 2. The van der Waals surface area contributed by atoms with Crippen LogP contribution in [0.15, 0.2) is 41.3 Å². The van der Waals surface area contributed by atoms with Gasteiger partial charge in [0.25, 0.3) is 11.1 Å². The molecule has 2 aromatic carbocycles. The first kappa shape index (κ1) is 17.0. The highest BCUT2D eigenvalue weighted by Gasteiger charge is 2.35. The first-order valence-electron chi connectivity index (χ1n) is 7.06. The van der Waals surface area contributed by atoms with Crippen molar-refractivity contribution in [2.24, 2.45) is 0 Å². The largest absolute Gasteiger partial charge is 0.508 e. The highest BCUT2D eigenvalue weighted by atomic mass is 32.2. The fourth-order valence-electron chi connectivity index (χ4n) is 2.31. The fourth-order valence-corrected chi connectivity index (χ4v) is 3.15. The van der Waals surface area contributed by atoms with Gasteiger partial charge in [-0.2, -0.15) is 0 Å². The third kappa shape index (κ3) is 3.63. The molecule has 2 aromatic rings. The first-order valence-corrected chi connectivity index (χ1v) is 7.87. The number of hydrogen-bond acceptors (Lipinski definition) is 5. The van der Waals surface area contributed by atoms with E-state index in [0.29, 0.717) is 17.3 Å². The second-order valence-electron chi connectivity index (χ2n) is 5.30. The topological polar surface area (TPSA) is 77.8 Å². The van der Waals surface area contributed by atoms with Gasteiger partial charge in [-0.05, 0) is 53.2 Å². The van der Waals surface area contributed by atoms with Crippen LogP contribution >= 0.6 is 11.8 Å². The van der Waals surface area contributed by atoms with Gasteiger partial charge in [0.05, 0.1) is 11.4 Å². The number of amides is 2. The van der Waals surface area contributed by atoms with Crippen molar-refractivity contribution in [3.05, 3.63) is 64.1 Å². The highest BCUT2D eigenvalue weighted by molar-refractivity contribution is 8.18. The van der Waals surface area contributed by atoms with Crippen molar-refractivity contribution in [3.63, 3.8) is 0 Å². The van der Waals surface area contributed by atoms with Gasteiger partial charge >= 0.3 is 0 Å². The van der Waals surface area contributed by atoms with Gasteiger partial charge < -0.3 is 10.2 Å². The molecule has 0 spiro atoms. The van der Waals surface area contributed by atoms with E-state index in [1.54, 1.807) is 0 Å². The lowest BCUT2D eigenvalue weighted by molar-refractivity contribution is -0.123. The van der Waals surface area contributed by atoms with Crippen molar-refractivity contribution >= 4 is 29.0 Å². The summed E-state index contributed by atoms with van der Waals surface area (Å²) >= 11 is 0.681. The molecule has 2 amide bonds. The number of thioether (sulfide) groups is 1. The minimum atomic E-state index is -0.795. The number of phenols is 2. The summed E-state index contributed by atoms with van der Waals surface area (Å²) in [7, 11) is 0. The molecule has 2 N–H and O–H groups in total. The van der Waals surface area contributed by atoms with Crippen LogP contribution in [0.1, 0.15) is 11.1 Å². The van der Waals surface area contributed by atoms with Crippen LogP contribution in [0, 0.1) is 11.6 Å². The SMILES string of the molecule is O=C1S/C(=C\c2ccc(F)c(O)c2)C(=O)N1Cc1cc(O)cc(F)c1. The molecule has 0 atom stereocenters. The standard InChI is InChI=1S/C17H11F2NO4S/c18-11-3-10(4-12(21)7-11)8-20-16(23)15(25-17(20)24)6-9-1-2-13(19)14(22)5-9/h1-7,21-22H,8H2/b15-6-. The summed E-state index contributed by atoms with van der Waals surface area (Å²) in [6, 6.07) is 6.82. The van der Waals surface area contributed by atoms with Gasteiger partial charge in [0.15, 0.2) is 11.6 Å². The molecular weight excluding hydrogens is 352 g/mol. The van der Waals surface area contributed by atoms with E-state index in [0.717, 1.165) is 29.2 Å². The summed E-state index contributed by atoms with van der Waals surface area (Å²) in [5, 5.41) is 18.2. The van der Waals surface area contributed by atoms with Gasteiger partial charge in [-0.25, -0.2) is 8.78 Å². The van der Waals surface area contributed by atoms with E-state index in [1.165, 1.54) is 18.2 Å². The summed E-state index contributed by atoms with van der Waals surface area (Å²) in [6.45, 7) is -0.192. The number of phenolic OH excluding ortho intramolecular Hbond substituents is 2. The van der Waals surface area contributed by atoms with Crippen LogP contribution in [0.4, 0.5) is 13.6 Å². The minimum Gasteiger partial charge on any atom is -0.508 e. The maximum Gasteiger partial charge on any atom is 0.293 e. The number of imide groups is 1. The molecule has 5 nitrogen and oxygen atoms in total. The Kier molecular flexibility index (Phi) is 4.45. The maximum absolute atomic E-state index is 13.3. The van der Waals surface area contributed by atoms with Crippen molar-refractivity contribution in [1.82, 2.24) is 4.90 Å². The van der Waals surface area contributed by atoms with Crippen LogP contribution in [0.2, 0.25) is 0 Å². The molecule has 0 saturated carbocycles. The summed E-state index contributed by atoms with van der Waals surface area (Å²) in [5.41, 5.74) is 0.619. The summed E-state index contributed by atoms with van der Waals surface area (Å²) in [5.74, 6) is -2.94.